The third kappa shape index (κ3) is 2.79. The molecule has 0 aromatic heterocycles. The van der Waals surface area contributed by atoms with Crippen LogP contribution >= 0.6 is 23.2 Å². The molecule has 1 N–H and O–H groups in total. The fourth-order valence-electron chi connectivity index (χ4n) is 0.842. The predicted octanol–water partition coefficient (Wildman–Crippen LogP) is 2.59. The van der Waals surface area contributed by atoms with Crippen LogP contribution in [0.25, 0.3) is 0 Å². The van der Waals surface area contributed by atoms with Crippen molar-refractivity contribution in [2.75, 3.05) is 14.1 Å². The lowest BCUT2D eigenvalue weighted by molar-refractivity contribution is 0.440. The van der Waals surface area contributed by atoms with Crippen molar-refractivity contribution < 1.29 is 5.11 Å². The molecule has 0 spiro atoms. The molecule has 0 aliphatic carbocycles. The van der Waals surface area contributed by atoms with Gasteiger partial charge in [-0.1, -0.05) is 23.2 Å². The highest BCUT2D eigenvalue weighted by Crippen LogP contribution is 2.32. The van der Waals surface area contributed by atoms with Gasteiger partial charge < -0.3 is 10.1 Å². The minimum atomic E-state index is -0.102. The van der Waals surface area contributed by atoms with Gasteiger partial charge >= 0.3 is 0 Å². The van der Waals surface area contributed by atoms with Crippen LogP contribution in [0.2, 0.25) is 10.0 Å². The monoisotopic (exact) mass is 232 g/mol. The van der Waals surface area contributed by atoms with Crippen LogP contribution in [-0.4, -0.2) is 30.4 Å². The van der Waals surface area contributed by atoms with E-state index >= 15 is 0 Å². The average Bonchev–Trinajstić information content (AvgIpc) is 2.10. The second kappa shape index (κ2) is 4.53. The van der Waals surface area contributed by atoms with E-state index in [4.69, 9.17) is 23.2 Å². The lowest BCUT2D eigenvalue weighted by atomic mass is 10.2. The number of nitrogens with zero attached hydrogens (tertiary/aromatic N) is 2. The van der Waals surface area contributed by atoms with Crippen molar-refractivity contribution in [1.82, 2.24) is 5.01 Å². The summed E-state index contributed by atoms with van der Waals surface area (Å²) in [5.41, 5.74) is 0.742. The van der Waals surface area contributed by atoms with Gasteiger partial charge in [0.25, 0.3) is 0 Å². The van der Waals surface area contributed by atoms with Crippen molar-refractivity contribution >= 4 is 29.4 Å². The van der Waals surface area contributed by atoms with Crippen LogP contribution < -0.4 is 0 Å². The molecule has 0 atom stereocenters. The molecule has 76 valence electrons. The van der Waals surface area contributed by atoms with Gasteiger partial charge in [0.05, 0.1) is 16.3 Å². The van der Waals surface area contributed by atoms with Gasteiger partial charge in [0.2, 0.25) is 0 Å². The van der Waals surface area contributed by atoms with Crippen molar-refractivity contribution in [1.29, 1.82) is 0 Å². The van der Waals surface area contributed by atoms with Crippen molar-refractivity contribution in [2.45, 2.75) is 0 Å². The molecule has 1 aromatic carbocycles. The summed E-state index contributed by atoms with van der Waals surface area (Å²) in [6.45, 7) is 0. The van der Waals surface area contributed by atoms with Crippen LogP contribution in [0.4, 0.5) is 0 Å². The van der Waals surface area contributed by atoms with Crippen LogP contribution in [0.5, 0.6) is 5.75 Å². The van der Waals surface area contributed by atoms with Gasteiger partial charge in [-0.05, 0) is 17.7 Å². The van der Waals surface area contributed by atoms with E-state index < -0.39 is 0 Å². The van der Waals surface area contributed by atoms with Gasteiger partial charge in [-0.3, -0.25) is 0 Å². The molecule has 1 rings (SSSR count). The Morgan fingerprint density at radius 3 is 2.21 bits per heavy atom. The fraction of sp³-hybridized carbons (Fsp3) is 0.222. The summed E-state index contributed by atoms with van der Waals surface area (Å²) in [4.78, 5) is 0. The summed E-state index contributed by atoms with van der Waals surface area (Å²) in [6.07, 6.45) is 1.61. The molecule has 0 saturated heterocycles. The van der Waals surface area contributed by atoms with Crippen LogP contribution in [0.15, 0.2) is 17.2 Å². The van der Waals surface area contributed by atoms with E-state index in [1.54, 1.807) is 37.5 Å². The Morgan fingerprint density at radius 1 is 1.29 bits per heavy atom. The Bertz CT molecular complexity index is 341. The lowest BCUT2D eigenvalue weighted by Crippen LogP contribution is -2.01. The molecule has 0 radical (unpaired) electrons. The number of rotatable bonds is 2. The molecule has 0 bridgehead atoms. The molecule has 0 fully saturated rings. The van der Waals surface area contributed by atoms with E-state index in [9.17, 15) is 5.11 Å². The van der Waals surface area contributed by atoms with Gasteiger partial charge in [0.15, 0.2) is 5.75 Å². The van der Waals surface area contributed by atoms with E-state index in [0.717, 1.165) is 5.56 Å². The maximum absolute atomic E-state index is 9.29. The zero-order chi connectivity index (χ0) is 10.7. The molecule has 1 aromatic rings. The third-order valence-corrected chi connectivity index (χ3v) is 2.05. The van der Waals surface area contributed by atoms with E-state index in [1.807, 2.05) is 0 Å². The van der Waals surface area contributed by atoms with Gasteiger partial charge in [0, 0.05) is 14.1 Å². The Morgan fingerprint density at radius 2 is 1.79 bits per heavy atom. The topological polar surface area (TPSA) is 35.8 Å². The Labute approximate surface area is 92.6 Å². The Hall–Kier alpha value is -0.930. The van der Waals surface area contributed by atoms with E-state index in [-0.39, 0.29) is 15.8 Å². The Kier molecular flexibility index (Phi) is 3.61. The number of phenols is 1. The van der Waals surface area contributed by atoms with Crippen LogP contribution in [0.1, 0.15) is 5.56 Å². The minimum absolute atomic E-state index is 0.102. The van der Waals surface area contributed by atoms with Gasteiger partial charge in [0.1, 0.15) is 0 Å². The van der Waals surface area contributed by atoms with Crippen LogP contribution in [0, 0.1) is 0 Å². The van der Waals surface area contributed by atoms with Gasteiger partial charge in [-0.15, -0.1) is 0 Å². The van der Waals surface area contributed by atoms with Gasteiger partial charge in [-0.2, -0.15) is 5.10 Å². The highest BCUT2D eigenvalue weighted by Gasteiger charge is 2.04. The molecular formula is C9H10Cl2N2O. The molecular weight excluding hydrogens is 223 g/mol. The first-order chi connectivity index (χ1) is 6.50. The molecule has 0 saturated carbocycles. The summed E-state index contributed by atoms with van der Waals surface area (Å²) in [5.74, 6) is -0.102. The predicted molar refractivity (Wildman–Crippen MR) is 59.4 cm³/mol. The molecule has 0 unspecified atom stereocenters. The summed E-state index contributed by atoms with van der Waals surface area (Å²) in [7, 11) is 3.61. The zero-order valence-electron chi connectivity index (χ0n) is 7.83. The number of phenolic OH excluding ortho intramolecular Hbond substituents is 1. The summed E-state index contributed by atoms with van der Waals surface area (Å²) in [6, 6.07) is 3.19. The second-order valence-corrected chi connectivity index (χ2v) is 3.74. The van der Waals surface area contributed by atoms with E-state index in [1.165, 1.54) is 0 Å². The minimum Gasteiger partial charge on any atom is -0.505 e. The summed E-state index contributed by atoms with van der Waals surface area (Å²) in [5, 5.41) is 15.4. The van der Waals surface area contributed by atoms with Crippen molar-refractivity contribution in [2.24, 2.45) is 5.10 Å². The fourth-order valence-corrected chi connectivity index (χ4v) is 1.35. The highest BCUT2D eigenvalue weighted by atomic mass is 35.5. The number of hydrazone groups is 1. The largest absolute Gasteiger partial charge is 0.505 e. The normalized spacial score (nSPS) is 10.9. The van der Waals surface area contributed by atoms with E-state index in [2.05, 4.69) is 5.10 Å². The quantitative estimate of drug-likeness (QED) is 0.629. The van der Waals surface area contributed by atoms with Gasteiger partial charge in [-0.25, -0.2) is 0 Å². The van der Waals surface area contributed by atoms with Crippen molar-refractivity contribution in [3.05, 3.63) is 27.7 Å². The molecule has 0 amide bonds. The summed E-state index contributed by atoms with van der Waals surface area (Å²) >= 11 is 11.4. The molecule has 0 aliphatic rings. The average molecular weight is 233 g/mol. The molecule has 5 heteroatoms. The first-order valence-corrected chi connectivity index (χ1v) is 4.65. The lowest BCUT2D eigenvalue weighted by Gasteiger charge is -2.04. The first kappa shape index (κ1) is 11.1. The van der Waals surface area contributed by atoms with Crippen molar-refractivity contribution in [3.8, 4) is 5.75 Å². The maximum atomic E-state index is 9.29. The molecule has 3 nitrogen and oxygen atoms in total. The van der Waals surface area contributed by atoms with Crippen LogP contribution in [0.3, 0.4) is 0 Å². The standard InChI is InChI=1S/C9H10Cl2N2O/c1-13(2)12-5-6-3-7(10)9(14)8(11)4-6/h3-5,14H,1-2H3/b12-5+. The van der Waals surface area contributed by atoms with Crippen molar-refractivity contribution in [3.63, 3.8) is 0 Å². The first-order valence-electron chi connectivity index (χ1n) is 3.90. The van der Waals surface area contributed by atoms with Crippen LogP contribution in [-0.2, 0) is 0 Å². The highest BCUT2D eigenvalue weighted by molar-refractivity contribution is 6.37. The Balaban J connectivity index is 3.01. The zero-order valence-corrected chi connectivity index (χ0v) is 9.34. The number of hydrogen-bond donors (Lipinski definition) is 1. The third-order valence-electron chi connectivity index (χ3n) is 1.48. The SMILES string of the molecule is CN(C)/N=C/c1cc(Cl)c(O)c(Cl)c1. The smallest absolute Gasteiger partial charge is 0.152 e. The number of halogens is 2. The van der Waals surface area contributed by atoms with E-state index in [0.29, 0.717) is 0 Å². The number of hydrogen-bond acceptors (Lipinski definition) is 3. The molecule has 14 heavy (non-hydrogen) atoms. The second-order valence-electron chi connectivity index (χ2n) is 2.92. The number of benzene rings is 1. The maximum Gasteiger partial charge on any atom is 0.152 e. The molecule has 0 aliphatic heterocycles. The number of aromatic hydroxyl groups is 1. The summed E-state index contributed by atoms with van der Waals surface area (Å²) < 4.78 is 0. The molecule has 0 heterocycles.